The van der Waals surface area contributed by atoms with Gasteiger partial charge in [-0.15, -0.1) is 23.4 Å². The summed E-state index contributed by atoms with van der Waals surface area (Å²) >= 11 is 7.14. The molecule has 1 N–H and O–H groups in total. The van der Waals surface area contributed by atoms with E-state index in [2.05, 4.69) is 15.3 Å². The molecule has 2 rings (SSSR count). The smallest absolute Gasteiger partial charge is 0.244 e. The SMILES string of the molecule is O=c1[nH]nc2ccc(SCCCCl)nn12. The lowest BCUT2D eigenvalue weighted by Crippen LogP contribution is -2.12. The van der Waals surface area contributed by atoms with Gasteiger partial charge in [0.15, 0.2) is 5.65 Å². The Balaban J connectivity index is 2.22. The molecule has 80 valence electrons. The zero-order valence-corrected chi connectivity index (χ0v) is 9.38. The monoisotopic (exact) mass is 244 g/mol. The number of fused-ring (bicyclic) bond motifs is 1. The lowest BCUT2D eigenvalue weighted by Gasteiger charge is -1.98. The first-order valence-corrected chi connectivity index (χ1v) is 5.96. The van der Waals surface area contributed by atoms with Gasteiger partial charge in [0.1, 0.15) is 5.03 Å². The van der Waals surface area contributed by atoms with Crippen LogP contribution in [-0.4, -0.2) is 31.4 Å². The number of rotatable bonds is 4. The first kappa shape index (κ1) is 10.5. The van der Waals surface area contributed by atoms with E-state index in [-0.39, 0.29) is 5.69 Å². The van der Waals surface area contributed by atoms with Gasteiger partial charge in [0, 0.05) is 11.6 Å². The highest BCUT2D eigenvalue weighted by Gasteiger charge is 2.02. The van der Waals surface area contributed by atoms with Crippen LogP contribution in [0.3, 0.4) is 0 Å². The molecule has 7 heteroatoms. The molecule has 2 heterocycles. The number of nitrogens with zero attached hydrogens (tertiary/aromatic N) is 3. The van der Waals surface area contributed by atoms with Crippen molar-refractivity contribution in [3.63, 3.8) is 0 Å². The van der Waals surface area contributed by atoms with Crippen LogP contribution >= 0.6 is 23.4 Å². The molecule has 0 radical (unpaired) electrons. The Morgan fingerprint density at radius 3 is 3.20 bits per heavy atom. The third kappa shape index (κ3) is 2.32. The number of aromatic nitrogens is 4. The summed E-state index contributed by atoms with van der Waals surface area (Å²) in [5.41, 5.74) is 0.214. The molecule has 0 bridgehead atoms. The minimum atomic E-state index is -0.315. The molecule has 15 heavy (non-hydrogen) atoms. The van der Waals surface area contributed by atoms with Gasteiger partial charge in [-0.05, 0) is 18.6 Å². The fourth-order valence-corrected chi connectivity index (χ4v) is 2.19. The predicted molar refractivity (Wildman–Crippen MR) is 59.7 cm³/mol. The Labute approximate surface area is 94.8 Å². The van der Waals surface area contributed by atoms with Gasteiger partial charge in [-0.3, -0.25) is 0 Å². The van der Waals surface area contributed by atoms with E-state index >= 15 is 0 Å². The number of thioether (sulfide) groups is 1. The van der Waals surface area contributed by atoms with Gasteiger partial charge in [0.2, 0.25) is 0 Å². The molecule has 0 aromatic carbocycles. The van der Waals surface area contributed by atoms with E-state index in [0.29, 0.717) is 11.5 Å². The van der Waals surface area contributed by atoms with Gasteiger partial charge in [0.05, 0.1) is 0 Å². The topological polar surface area (TPSA) is 63.0 Å². The average Bonchev–Trinajstić information content (AvgIpc) is 2.61. The second-order valence-electron chi connectivity index (χ2n) is 2.86. The van der Waals surface area contributed by atoms with Gasteiger partial charge in [-0.1, -0.05) is 0 Å². The Morgan fingerprint density at radius 1 is 1.53 bits per heavy atom. The number of halogens is 1. The van der Waals surface area contributed by atoms with Crippen molar-refractivity contribution in [1.29, 1.82) is 0 Å². The summed E-state index contributed by atoms with van der Waals surface area (Å²) in [6, 6.07) is 3.60. The Hall–Kier alpha value is -1.01. The van der Waals surface area contributed by atoms with Crippen LogP contribution in [0.5, 0.6) is 0 Å². The van der Waals surface area contributed by atoms with Crippen LogP contribution in [0.2, 0.25) is 0 Å². The molecule has 0 atom stereocenters. The van der Waals surface area contributed by atoms with Gasteiger partial charge in [-0.25, -0.2) is 9.89 Å². The van der Waals surface area contributed by atoms with Crippen LogP contribution in [-0.2, 0) is 0 Å². The summed E-state index contributed by atoms with van der Waals surface area (Å²) in [6.07, 6.45) is 0.923. The average molecular weight is 245 g/mol. The largest absolute Gasteiger partial charge is 0.364 e. The van der Waals surface area contributed by atoms with E-state index in [0.717, 1.165) is 17.2 Å². The van der Waals surface area contributed by atoms with Crippen LogP contribution in [0.1, 0.15) is 6.42 Å². The Kier molecular flexibility index (Phi) is 3.27. The summed E-state index contributed by atoms with van der Waals surface area (Å²) in [6.45, 7) is 0. The van der Waals surface area contributed by atoms with Gasteiger partial charge in [0.25, 0.3) is 0 Å². The van der Waals surface area contributed by atoms with Crippen molar-refractivity contribution in [3.05, 3.63) is 22.6 Å². The fourth-order valence-electron chi connectivity index (χ4n) is 1.09. The fraction of sp³-hybridized carbons (Fsp3) is 0.375. The van der Waals surface area contributed by atoms with E-state index in [1.54, 1.807) is 17.8 Å². The molecule has 2 aromatic heterocycles. The maximum absolute atomic E-state index is 11.2. The van der Waals surface area contributed by atoms with Crippen molar-refractivity contribution in [2.75, 3.05) is 11.6 Å². The normalized spacial score (nSPS) is 11.0. The van der Waals surface area contributed by atoms with Crippen LogP contribution in [0.4, 0.5) is 0 Å². The van der Waals surface area contributed by atoms with Gasteiger partial charge < -0.3 is 0 Å². The van der Waals surface area contributed by atoms with E-state index in [9.17, 15) is 4.79 Å². The molecule has 0 aliphatic rings. The quantitative estimate of drug-likeness (QED) is 0.498. The minimum absolute atomic E-state index is 0.315. The minimum Gasteiger partial charge on any atom is -0.244 e. The van der Waals surface area contributed by atoms with Crippen molar-refractivity contribution < 1.29 is 0 Å². The molecular formula is C8H9ClN4OS. The van der Waals surface area contributed by atoms with Gasteiger partial charge in [-0.2, -0.15) is 14.7 Å². The van der Waals surface area contributed by atoms with Crippen LogP contribution in [0.15, 0.2) is 22.0 Å². The predicted octanol–water partition coefficient (Wildman–Crippen LogP) is 1.14. The molecule has 0 saturated carbocycles. The third-order valence-corrected chi connectivity index (χ3v) is 3.05. The molecule has 0 saturated heterocycles. The molecule has 0 unspecified atom stereocenters. The summed E-state index contributed by atoms with van der Waals surface area (Å²) in [7, 11) is 0. The summed E-state index contributed by atoms with van der Waals surface area (Å²) in [4.78, 5) is 11.2. The van der Waals surface area contributed by atoms with Crippen LogP contribution in [0, 0.1) is 0 Å². The van der Waals surface area contributed by atoms with E-state index in [4.69, 9.17) is 11.6 Å². The van der Waals surface area contributed by atoms with Crippen LogP contribution < -0.4 is 5.69 Å². The van der Waals surface area contributed by atoms with E-state index in [1.165, 1.54) is 4.52 Å². The summed E-state index contributed by atoms with van der Waals surface area (Å²) in [5.74, 6) is 1.54. The van der Waals surface area contributed by atoms with Crippen molar-refractivity contribution in [2.45, 2.75) is 11.4 Å². The van der Waals surface area contributed by atoms with Crippen molar-refractivity contribution in [2.24, 2.45) is 0 Å². The Bertz CT molecular complexity index is 509. The second-order valence-corrected chi connectivity index (χ2v) is 4.35. The molecule has 2 aromatic rings. The van der Waals surface area contributed by atoms with Crippen LogP contribution in [0.25, 0.3) is 5.65 Å². The molecular weight excluding hydrogens is 236 g/mol. The number of hydrogen-bond donors (Lipinski definition) is 1. The first-order valence-electron chi connectivity index (χ1n) is 4.44. The van der Waals surface area contributed by atoms with Crippen molar-refractivity contribution >= 4 is 29.0 Å². The molecule has 0 fully saturated rings. The maximum atomic E-state index is 11.2. The highest BCUT2D eigenvalue weighted by molar-refractivity contribution is 7.99. The number of hydrogen-bond acceptors (Lipinski definition) is 4. The lowest BCUT2D eigenvalue weighted by atomic mass is 10.6. The van der Waals surface area contributed by atoms with Crippen molar-refractivity contribution in [3.8, 4) is 0 Å². The van der Waals surface area contributed by atoms with Crippen molar-refractivity contribution in [1.82, 2.24) is 19.8 Å². The van der Waals surface area contributed by atoms with E-state index in [1.807, 2.05) is 6.07 Å². The molecule has 0 amide bonds. The van der Waals surface area contributed by atoms with E-state index < -0.39 is 0 Å². The first-order chi connectivity index (χ1) is 7.31. The highest BCUT2D eigenvalue weighted by Crippen LogP contribution is 2.15. The molecule has 5 nitrogen and oxygen atoms in total. The lowest BCUT2D eigenvalue weighted by molar-refractivity contribution is 0.819. The number of H-pyrrole nitrogens is 1. The zero-order chi connectivity index (χ0) is 10.7. The standard InChI is InChI=1S/C8H9ClN4OS/c9-4-1-5-15-7-3-2-6-10-11-8(14)13(6)12-7/h2-3H,1,4-5H2,(H,11,14). The molecule has 0 aliphatic heterocycles. The highest BCUT2D eigenvalue weighted by atomic mass is 35.5. The summed E-state index contributed by atoms with van der Waals surface area (Å²) < 4.78 is 1.25. The number of alkyl halides is 1. The number of aromatic amines is 1. The third-order valence-electron chi connectivity index (χ3n) is 1.78. The second kappa shape index (κ2) is 4.67. The Morgan fingerprint density at radius 2 is 2.40 bits per heavy atom. The summed E-state index contributed by atoms with van der Waals surface area (Å²) in [5, 5.41) is 11.1. The zero-order valence-electron chi connectivity index (χ0n) is 7.81. The molecule has 0 spiro atoms. The molecule has 0 aliphatic carbocycles. The number of nitrogens with one attached hydrogen (secondary N) is 1. The maximum Gasteiger partial charge on any atom is 0.364 e. The van der Waals surface area contributed by atoms with Gasteiger partial charge >= 0.3 is 5.69 Å².